The number of ether oxygens (including phenoxy) is 1. The van der Waals surface area contributed by atoms with Crippen molar-refractivity contribution in [3.63, 3.8) is 0 Å². The van der Waals surface area contributed by atoms with E-state index in [1.165, 1.54) is 7.11 Å². The summed E-state index contributed by atoms with van der Waals surface area (Å²) in [6.45, 7) is 6.48. The first-order chi connectivity index (χ1) is 18.4. The lowest BCUT2D eigenvalue weighted by molar-refractivity contribution is 0.401. The third-order valence-electron chi connectivity index (χ3n) is 6.41. The van der Waals surface area contributed by atoms with Crippen molar-refractivity contribution in [3.8, 4) is 17.3 Å². The lowest BCUT2D eigenvalue weighted by Crippen LogP contribution is -2.26. The molecular weight excluding hydrogens is 504 g/mol. The van der Waals surface area contributed by atoms with E-state index >= 15 is 0 Å². The molecule has 12 heteroatoms. The van der Waals surface area contributed by atoms with Gasteiger partial charge in [0.2, 0.25) is 5.88 Å². The second-order valence-electron chi connectivity index (χ2n) is 9.11. The van der Waals surface area contributed by atoms with E-state index in [1.54, 1.807) is 29.2 Å². The molecule has 4 aromatic heterocycles. The van der Waals surface area contributed by atoms with Crippen molar-refractivity contribution in [1.29, 1.82) is 0 Å². The van der Waals surface area contributed by atoms with E-state index < -0.39 is 10.8 Å². The molecule has 4 heterocycles. The number of rotatable bonds is 10. The van der Waals surface area contributed by atoms with Gasteiger partial charge >= 0.3 is 0 Å². The molecule has 1 saturated carbocycles. The molecule has 0 radical (unpaired) electrons. The summed E-state index contributed by atoms with van der Waals surface area (Å²) in [5.74, 6) is 1.75. The molecule has 198 valence electrons. The van der Waals surface area contributed by atoms with Crippen LogP contribution in [0.4, 0.5) is 5.82 Å². The Bertz CT molecular complexity index is 1570. The molecule has 0 bridgehead atoms. The van der Waals surface area contributed by atoms with Gasteiger partial charge in [0.05, 0.1) is 52.0 Å². The van der Waals surface area contributed by atoms with Gasteiger partial charge in [0.1, 0.15) is 6.33 Å². The highest BCUT2D eigenvalue weighted by Gasteiger charge is 2.31. The van der Waals surface area contributed by atoms with E-state index in [-0.39, 0.29) is 23.8 Å². The zero-order valence-electron chi connectivity index (χ0n) is 21.9. The lowest BCUT2D eigenvalue weighted by atomic mass is 10.1. The summed E-state index contributed by atoms with van der Waals surface area (Å²) < 4.78 is 19.2. The van der Waals surface area contributed by atoms with Crippen molar-refractivity contribution in [2.24, 2.45) is 0 Å². The molecule has 5 rings (SSSR count). The van der Waals surface area contributed by atoms with Gasteiger partial charge in [-0.15, -0.1) is 0 Å². The minimum atomic E-state index is -1.07. The third-order valence-corrected chi connectivity index (χ3v) is 7.71. The van der Waals surface area contributed by atoms with Crippen LogP contribution in [0.3, 0.4) is 0 Å². The Morgan fingerprint density at radius 1 is 1.13 bits per heavy atom. The van der Waals surface area contributed by atoms with Crippen LogP contribution in [0.1, 0.15) is 56.1 Å². The third kappa shape index (κ3) is 5.00. The number of anilines is 1. The summed E-state index contributed by atoms with van der Waals surface area (Å²) in [4.78, 5) is 41.6. The zero-order valence-corrected chi connectivity index (χ0v) is 22.7. The number of nitrogens with zero attached hydrogens (tertiary/aromatic N) is 7. The van der Waals surface area contributed by atoms with Gasteiger partial charge in [-0.25, -0.2) is 19.9 Å². The fraction of sp³-hybridized carbons (Fsp3) is 0.423. The Morgan fingerprint density at radius 3 is 2.61 bits per heavy atom. The molecule has 1 fully saturated rings. The van der Waals surface area contributed by atoms with Crippen molar-refractivity contribution < 1.29 is 8.95 Å². The maximum atomic E-state index is 13.5. The van der Waals surface area contributed by atoms with Gasteiger partial charge in [-0.2, -0.15) is 4.98 Å². The van der Waals surface area contributed by atoms with E-state index in [0.717, 1.165) is 36.2 Å². The van der Waals surface area contributed by atoms with Crippen molar-refractivity contribution >= 4 is 27.8 Å². The van der Waals surface area contributed by atoms with Crippen LogP contribution in [-0.2, 0) is 23.9 Å². The molecule has 4 aromatic rings. The number of hydrogen-bond acceptors (Lipinski definition) is 10. The Kier molecular flexibility index (Phi) is 7.41. The standard InChI is InChI=1S/C26H30N8O3S/c1-5-11-34-24-21(31-23(26(34)35)28-12-17-9-10-18(13-27-17)38(36)6-2)25(37-4)33-22(32-24)19-15(3)29-14-30-20(19)16-7-8-16/h9-10,13-14,16H,5-8,11-12H2,1-4H3,(H,28,31). The molecule has 1 unspecified atom stereocenters. The highest BCUT2D eigenvalue weighted by molar-refractivity contribution is 7.85. The van der Waals surface area contributed by atoms with Crippen LogP contribution in [0.15, 0.2) is 34.3 Å². The molecule has 1 N–H and O–H groups in total. The Balaban J connectivity index is 1.57. The van der Waals surface area contributed by atoms with E-state index in [9.17, 15) is 9.00 Å². The van der Waals surface area contributed by atoms with E-state index in [1.807, 2.05) is 20.8 Å². The number of methoxy groups -OCH3 is 1. The smallest absolute Gasteiger partial charge is 0.294 e. The molecular formula is C26H30N8O3S. The molecule has 0 saturated heterocycles. The first-order valence-corrected chi connectivity index (χ1v) is 14.0. The SMILES string of the molecule is CCCn1c(=O)c(NCc2ccc(S(=O)CC)cn2)nc2c(OC)nc(-c3c(C)ncnc3C3CC3)nc21. The molecule has 0 aliphatic heterocycles. The number of hydrogen-bond donors (Lipinski definition) is 1. The van der Waals surface area contributed by atoms with E-state index in [2.05, 4.69) is 30.2 Å². The lowest BCUT2D eigenvalue weighted by Gasteiger charge is -2.15. The Labute approximate surface area is 222 Å². The normalized spacial score (nSPS) is 14.0. The topological polar surface area (TPSA) is 138 Å². The molecule has 1 aliphatic carbocycles. The fourth-order valence-corrected chi connectivity index (χ4v) is 5.04. The summed E-state index contributed by atoms with van der Waals surface area (Å²) in [5.41, 5.74) is 3.67. The van der Waals surface area contributed by atoms with Gasteiger partial charge in [0.15, 0.2) is 22.8 Å². The Morgan fingerprint density at radius 2 is 1.95 bits per heavy atom. The van der Waals surface area contributed by atoms with Gasteiger partial charge in [0.25, 0.3) is 5.56 Å². The minimum Gasteiger partial charge on any atom is -0.479 e. The van der Waals surface area contributed by atoms with Crippen molar-refractivity contribution in [3.05, 3.63) is 52.1 Å². The average molecular weight is 535 g/mol. The summed E-state index contributed by atoms with van der Waals surface area (Å²) in [5, 5.41) is 3.11. The molecule has 38 heavy (non-hydrogen) atoms. The van der Waals surface area contributed by atoms with Crippen LogP contribution in [0.5, 0.6) is 5.88 Å². The Hall–Kier alpha value is -3.80. The maximum absolute atomic E-state index is 13.5. The molecule has 1 atom stereocenters. The highest BCUT2D eigenvalue weighted by atomic mass is 32.2. The summed E-state index contributed by atoms with van der Waals surface area (Å²) >= 11 is 0. The van der Waals surface area contributed by atoms with Crippen LogP contribution < -0.4 is 15.6 Å². The van der Waals surface area contributed by atoms with Gasteiger partial charge in [-0.1, -0.05) is 13.8 Å². The fourth-order valence-electron chi connectivity index (χ4n) is 4.32. The maximum Gasteiger partial charge on any atom is 0.294 e. The predicted octanol–water partition coefficient (Wildman–Crippen LogP) is 3.38. The summed E-state index contributed by atoms with van der Waals surface area (Å²) in [7, 11) is 0.455. The van der Waals surface area contributed by atoms with Crippen molar-refractivity contribution in [2.75, 3.05) is 18.2 Å². The van der Waals surface area contributed by atoms with Crippen LogP contribution >= 0.6 is 0 Å². The van der Waals surface area contributed by atoms with E-state index in [4.69, 9.17) is 9.72 Å². The average Bonchev–Trinajstić information content (AvgIpc) is 3.78. The molecule has 0 aromatic carbocycles. The number of fused-ring (bicyclic) bond motifs is 1. The van der Waals surface area contributed by atoms with Gasteiger partial charge in [0, 0.05) is 24.4 Å². The second-order valence-corrected chi connectivity index (χ2v) is 10.9. The first kappa shape index (κ1) is 25.8. The summed E-state index contributed by atoms with van der Waals surface area (Å²) in [6.07, 6.45) is 6.03. The number of nitrogens with one attached hydrogen (secondary N) is 1. The zero-order chi connectivity index (χ0) is 26.8. The number of pyridine rings is 1. The number of aryl methyl sites for hydroxylation is 2. The van der Waals surface area contributed by atoms with Gasteiger partial charge in [-0.05, 0) is 38.3 Å². The number of aromatic nitrogens is 7. The van der Waals surface area contributed by atoms with Crippen LogP contribution in [0, 0.1) is 6.92 Å². The quantitative estimate of drug-likeness (QED) is 0.322. The van der Waals surface area contributed by atoms with Crippen molar-refractivity contribution in [1.82, 2.24) is 34.5 Å². The first-order valence-electron chi connectivity index (χ1n) is 12.7. The monoisotopic (exact) mass is 534 g/mol. The van der Waals surface area contributed by atoms with Crippen LogP contribution in [0.2, 0.25) is 0 Å². The predicted molar refractivity (Wildman–Crippen MR) is 145 cm³/mol. The van der Waals surface area contributed by atoms with Gasteiger partial charge in [-0.3, -0.25) is 18.6 Å². The molecule has 0 spiro atoms. The molecule has 0 amide bonds. The molecule has 1 aliphatic rings. The molecule has 11 nitrogen and oxygen atoms in total. The van der Waals surface area contributed by atoms with E-state index in [0.29, 0.717) is 45.8 Å². The second kappa shape index (κ2) is 10.9. The minimum absolute atomic E-state index is 0.154. The van der Waals surface area contributed by atoms with Crippen LogP contribution in [-0.4, -0.2) is 51.5 Å². The largest absolute Gasteiger partial charge is 0.479 e. The summed E-state index contributed by atoms with van der Waals surface area (Å²) in [6, 6.07) is 3.58. The highest BCUT2D eigenvalue weighted by Crippen LogP contribution is 2.43. The van der Waals surface area contributed by atoms with Crippen LogP contribution in [0.25, 0.3) is 22.6 Å². The van der Waals surface area contributed by atoms with Crippen molar-refractivity contribution in [2.45, 2.75) is 63.9 Å². The van der Waals surface area contributed by atoms with Gasteiger partial charge < -0.3 is 10.1 Å².